The first-order valence-electron chi connectivity index (χ1n) is 3.64. The fourth-order valence-electron chi connectivity index (χ4n) is 1.41. The normalized spacial score (nSPS) is 20.2. The van der Waals surface area contributed by atoms with Crippen LogP contribution in [0.2, 0.25) is 0 Å². The minimum absolute atomic E-state index is 0.622. The van der Waals surface area contributed by atoms with Gasteiger partial charge < -0.3 is 9.47 Å². The van der Waals surface area contributed by atoms with E-state index in [0.717, 1.165) is 17.8 Å². The van der Waals surface area contributed by atoms with E-state index >= 15 is 0 Å². The van der Waals surface area contributed by atoms with Crippen LogP contribution in [0.1, 0.15) is 6.04 Å². The molecule has 4 heteroatoms. The van der Waals surface area contributed by atoms with Crippen LogP contribution in [0.3, 0.4) is 0 Å². The van der Waals surface area contributed by atoms with E-state index < -0.39 is 0 Å². The molecule has 0 bridgehead atoms. The summed E-state index contributed by atoms with van der Waals surface area (Å²) in [5.41, 5.74) is 0. The lowest BCUT2D eigenvalue weighted by atomic mass is 10.1. The van der Waals surface area contributed by atoms with E-state index in [4.69, 9.17) is 0 Å². The van der Waals surface area contributed by atoms with Crippen molar-refractivity contribution in [3.8, 4) is 0 Å². The average Bonchev–Trinajstić information content (AvgIpc) is 2.29. The summed E-state index contributed by atoms with van der Waals surface area (Å²) in [7, 11) is 2.13. The second-order valence-electron chi connectivity index (χ2n) is 2.98. The minimum Gasteiger partial charge on any atom is -0.320 e. The van der Waals surface area contributed by atoms with Crippen molar-refractivity contribution in [1.82, 2.24) is 14.5 Å². The van der Waals surface area contributed by atoms with Gasteiger partial charge in [-0.15, -0.1) is 0 Å². The Labute approximate surface area is 74.2 Å². The zero-order valence-electron chi connectivity index (χ0n) is 6.37. The van der Waals surface area contributed by atoms with Gasteiger partial charge in [-0.05, 0) is 23.0 Å². The van der Waals surface area contributed by atoms with Gasteiger partial charge in [-0.1, -0.05) is 0 Å². The highest BCUT2D eigenvalue weighted by Crippen LogP contribution is 2.22. The molecule has 1 aromatic rings. The van der Waals surface area contributed by atoms with Gasteiger partial charge in [0, 0.05) is 25.5 Å². The summed E-state index contributed by atoms with van der Waals surface area (Å²) in [6.45, 7) is 2.27. The van der Waals surface area contributed by atoms with Crippen LogP contribution in [0.15, 0.2) is 17.1 Å². The van der Waals surface area contributed by atoms with Crippen LogP contribution in [0.5, 0.6) is 0 Å². The molecule has 0 saturated carbocycles. The van der Waals surface area contributed by atoms with E-state index in [9.17, 15) is 0 Å². The molecule has 2 rings (SSSR count). The fourth-order valence-corrected chi connectivity index (χ4v) is 1.94. The summed E-state index contributed by atoms with van der Waals surface area (Å²) in [6.07, 6.45) is 3.84. The molecule has 0 aliphatic carbocycles. The Morgan fingerprint density at radius 1 is 1.64 bits per heavy atom. The second-order valence-corrected chi connectivity index (χ2v) is 3.69. The number of nitrogens with zero attached hydrogens (tertiary/aromatic N) is 3. The van der Waals surface area contributed by atoms with Gasteiger partial charge in [-0.25, -0.2) is 4.98 Å². The number of imidazole rings is 1. The molecular formula is C7H10BrN3. The quantitative estimate of drug-likeness (QED) is 0.701. The van der Waals surface area contributed by atoms with Crippen LogP contribution in [0.25, 0.3) is 0 Å². The summed E-state index contributed by atoms with van der Waals surface area (Å²) < 4.78 is 3.11. The maximum atomic E-state index is 4.11. The number of likely N-dealkylation sites (tertiary alicyclic amines) is 1. The van der Waals surface area contributed by atoms with Crippen molar-refractivity contribution in [1.29, 1.82) is 0 Å². The standard InChI is InChI=1S/C7H10BrN3/c1-10-4-6(5-10)11-3-2-9-7(11)8/h2-3,6H,4-5H2,1H3. The van der Waals surface area contributed by atoms with Gasteiger partial charge in [0.2, 0.25) is 0 Å². The lowest BCUT2D eigenvalue weighted by Crippen LogP contribution is -2.44. The summed E-state index contributed by atoms with van der Waals surface area (Å²) in [6, 6.07) is 0.622. The molecule has 1 aliphatic heterocycles. The van der Waals surface area contributed by atoms with Crippen LogP contribution in [-0.4, -0.2) is 34.6 Å². The number of likely N-dealkylation sites (N-methyl/N-ethyl adjacent to an activating group) is 1. The van der Waals surface area contributed by atoms with Crippen molar-refractivity contribution < 1.29 is 0 Å². The van der Waals surface area contributed by atoms with Gasteiger partial charge in [-0.2, -0.15) is 0 Å². The molecule has 0 N–H and O–H groups in total. The topological polar surface area (TPSA) is 21.1 Å². The molecule has 0 unspecified atom stereocenters. The predicted molar refractivity (Wildman–Crippen MR) is 46.5 cm³/mol. The largest absolute Gasteiger partial charge is 0.320 e. The molecule has 3 nitrogen and oxygen atoms in total. The highest BCUT2D eigenvalue weighted by atomic mass is 79.9. The molecule has 11 heavy (non-hydrogen) atoms. The SMILES string of the molecule is CN1CC(n2ccnc2Br)C1. The van der Waals surface area contributed by atoms with Gasteiger partial charge in [0.05, 0.1) is 6.04 Å². The van der Waals surface area contributed by atoms with Gasteiger partial charge >= 0.3 is 0 Å². The third-order valence-electron chi connectivity index (χ3n) is 2.06. The number of aromatic nitrogens is 2. The molecule has 0 radical (unpaired) electrons. The lowest BCUT2D eigenvalue weighted by Gasteiger charge is -2.37. The van der Waals surface area contributed by atoms with Crippen molar-refractivity contribution in [2.75, 3.05) is 20.1 Å². The van der Waals surface area contributed by atoms with E-state index in [1.165, 1.54) is 0 Å². The Morgan fingerprint density at radius 2 is 2.36 bits per heavy atom. The molecule has 60 valence electrons. The van der Waals surface area contributed by atoms with E-state index in [1.807, 2.05) is 12.4 Å². The zero-order valence-corrected chi connectivity index (χ0v) is 7.95. The average molecular weight is 216 g/mol. The summed E-state index contributed by atoms with van der Waals surface area (Å²) in [4.78, 5) is 6.39. The van der Waals surface area contributed by atoms with E-state index in [2.05, 4.69) is 37.4 Å². The molecule has 1 saturated heterocycles. The first kappa shape index (κ1) is 7.31. The van der Waals surface area contributed by atoms with Crippen molar-refractivity contribution in [2.24, 2.45) is 0 Å². The smallest absolute Gasteiger partial charge is 0.177 e. The van der Waals surface area contributed by atoms with Gasteiger partial charge in [0.25, 0.3) is 0 Å². The maximum absolute atomic E-state index is 4.11. The van der Waals surface area contributed by atoms with E-state index in [0.29, 0.717) is 6.04 Å². The van der Waals surface area contributed by atoms with Crippen LogP contribution in [0, 0.1) is 0 Å². The third-order valence-corrected chi connectivity index (χ3v) is 2.67. The van der Waals surface area contributed by atoms with Gasteiger partial charge in [0.1, 0.15) is 0 Å². The van der Waals surface area contributed by atoms with Crippen molar-refractivity contribution in [2.45, 2.75) is 6.04 Å². The fraction of sp³-hybridized carbons (Fsp3) is 0.571. The summed E-state index contributed by atoms with van der Waals surface area (Å²) >= 11 is 3.39. The van der Waals surface area contributed by atoms with Crippen molar-refractivity contribution >= 4 is 15.9 Å². The Hall–Kier alpha value is -0.350. The first-order chi connectivity index (χ1) is 5.27. The monoisotopic (exact) mass is 215 g/mol. The molecule has 2 heterocycles. The molecule has 1 aromatic heterocycles. The molecule has 0 atom stereocenters. The molecule has 0 spiro atoms. The second kappa shape index (κ2) is 2.60. The summed E-state index contributed by atoms with van der Waals surface area (Å²) in [5.74, 6) is 0. The van der Waals surface area contributed by atoms with Crippen molar-refractivity contribution in [3.63, 3.8) is 0 Å². The number of rotatable bonds is 1. The Bertz CT molecular complexity index is 252. The zero-order chi connectivity index (χ0) is 7.84. The van der Waals surface area contributed by atoms with Crippen molar-refractivity contribution in [3.05, 3.63) is 17.1 Å². The Kier molecular flexibility index (Phi) is 1.73. The molecule has 1 aliphatic rings. The molecule has 1 fully saturated rings. The number of hydrogen-bond acceptors (Lipinski definition) is 2. The minimum atomic E-state index is 0.622. The van der Waals surface area contributed by atoms with Crippen LogP contribution < -0.4 is 0 Å². The third kappa shape index (κ3) is 1.20. The summed E-state index contributed by atoms with van der Waals surface area (Å²) in [5, 5.41) is 0. The van der Waals surface area contributed by atoms with Gasteiger partial charge in [-0.3, -0.25) is 0 Å². The molecular weight excluding hydrogens is 206 g/mol. The highest BCUT2D eigenvalue weighted by Gasteiger charge is 2.25. The first-order valence-corrected chi connectivity index (χ1v) is 4.43. The van der Waals surface area contributed by atoms with Gasteiger partial charge in [0.15, 0.2) is 4.73 Å². The lowest BCUT2D eigenvalue weighted by molar-refractivity contribution is 0.139. The Morgan fingerprint density at radius 3 is 2.82 bits per heavy atom. The molecule has 0 aromatic carbocycles. The maximum Gasteiger partial charge on any atom is 0.177 e. The van der Waals surface area contributed by atoms with Crippen LogP contribution in [-0.2, 0) is 0 Å². The van der Waals surface area contributed by atoms with Crippen LogP contribution in [0.4, 0.5) is 0 Å². The Balaban J connectivity index is 2.12. The highest BCUT2D eigenvalue weighted by molar-refractivity contribution is 9.10. The van der Waals surface area contributed by atoms with Crippen LogP contribution >= 0.6 is 15.9 Å². The number of hydrogen-bond donors (Lipinski definition) is 0. The van der Waals surface area contributed by atoms with E-state index in [-0.39, 0.29) is 0 Å². The van der Waals surface area contributed by atoms with E-state index in [1.54, 1.807) is 0 Å². The predicted octanol–water partition coefficient (Wildman–Crippen LogP) is 1.13. The number of halogens is 1. The molecule has 0 amide bonds.